The Labute approximate surface area is 89.7 Å². The van der Waals surface area contributed by atoms with E-state index in [4.69, 9.17) is 5.84 Å². The fraction of sp³-hybridized carbons (Fsp3) is 0.0769. The Morgan fingerprint density at radius 2 is 1.53 bits per heavy atom. The molecule has 3 N–H and O–H groups in total. The van der Waals surface area contributed by atoms with Crippen LogP contribution in [-0.2, 0) is 6.54 Å². The molecule has 0 fully saturated rings. The van der Waals surface area contributed by atoms with Gasteiger partial charge in [0, 0.05) is 6.54 Å². The summed E-state index contributed by atoms with van der Waals surface area (Å²) in [7, 11) is 0. The first-order valence-corrected chi connectivity index (χ1v) is 4.98. The van der Waals surface area contributed by atoms with Crippen LogP contribution in [0.3, 0.4) is 0 Å². The Hall–Kier alpha value is -1.64. The van der Waals surface area contributed by atoms with Crippen LogP contribution in [-0.4, -0.2) is 0 Å². The van der Waals surface area contributed by atoms with E-state index in [0.717, 1.165) is 0 Å². The molecule has 0 radical (unpaired) electrons. The molecular weight excluding hydrogens is 184 g/mol. The van der Waals surface area contributed by atoms with Crippen molar-refractivity contribution >= 4 is 0 Å². The van der Waals surface area contributed by atoms with Gasteiger partial charge in [-0.15, -0.1) is 0 Å². The zero-order valence-electron chi connectivity index (χ0n) is 8.48. The van der Waals surface area contributed by atoms with Crippen LogP contribution in [0.1, 0.15) is 5.56 Å². The van der Waals surface area contributed by atoms with Crippen LogP contribution in [0.25, 0.3) is 11.1 Å². The summed E-state index contributed by atoms with van der Waals surface area (Å²) < 4.78 is 0. The summed E-state index contributed by atoms with van der Waals surface area (Å²) in [5, 5.41) is 0. The third-order valence-electron chi connectivity index (χ3n) is 2.39. The van der Waals surface area contributed by atoms with Crippen molar-refractivity contribution < 1.29 is 0 Å². The lowest BCUT2D eigenvalue weighted by Crippen LogP contribution is -2.21. The fourth-order valence-electron chi connectivity index (χ4n) is 1.68. The lowest BCUT2D eigenvalue weighted by molar-refractivity contribution is 0.742. The van der Waals surface area contributed by atoms with E-state index in [2.05, 4.69) is 29.7 Å². The number of hydrogen-bond donors (Lipinski definition) is 2. The maximum atomic E-state index is 5.36. The van der Waals surface area contributed by atoms with Crippen LogP contribution < -0.4 is 11.3 Å². The predicted octanol–water partition coefficient (Wildman–Crippen LogP) is 2.32. The first kappa shape index (κ1) is 9.90. The van der Waals surface area contributed by atoms with Crippen molar-refractivity contribution in [2.24, 2.45) is 5.84 Å². The van der Waals surface area contributed by atoms with Gasteiger partial charge in [0.25, 0.3) is 0 Å². The molecule has 2 nitrogen and oxygen atoms in total. The monoisotopic (exact) mass is 198 g/mol. The third-order valence-corrected chi connectivity index (χ3v) is 2.39. The van der Waals surface area contributed by atoms with Crippen molar-refractivity contribution in [3.05, 3.63) is 60.2 Å². The molecule has 0 amide bonds. The van der Waals surface area contributed by atoms with Crippen molar-refractivity contribution in [1.82, 2.24) is 5.43 Å². The lowest BCUT2D eigenvalue weighted by atomic mass is 10.00. The Morgan fingerprint density at radius 3 is 2.27 bits per heavy atom. The second kappa shape index (κ2) is 4.73. The number of nitrogens with two attached hydrogens (primary N) is 1. The van der Waals surface area contributed by atoms with E-state index in [0.29, 0.717) is 6.54 Å². The molecule has 0 aliphatic carbocycles. The molecule has 0 aromatic heterocycles. The number of hydrazine groups is 1. The number of benzene rings is 2. The van der Waals surface area contributed by atoms with Gasteiger partial charge in [0.15, 0.2) is 0 Å². The summed E-state index contributed by atoms with van der Waals surface area (Å²) in [6.45, 7) is 0.686. The van der Waals surface area contributed by atoms with Crippen LogP contribution in [0, 0.1) is 0 Å². The minimum Gasteiger partial charge on any atom is -0.271 e. The van der Waals surface area contributed by atoms with Crippen molar-refractivity contribution in [2.75, 3.05) is 0 Å². The van der Waals surface area contributed by atoms with Crippen LogP contribution in [0.4, 0.5) is 0 Å². The summed E-state index contributed by atoms with van der Waals surface area (Å²) in [5.41, 5.74) is 6.37. The zero-order chi connectivity index (χ0) is 10.5. The van der Waals surface area contributed by atoms with Gasteiger partial charge in [0.05, 0.1) is 0 Å². The molecule has 2 aromatic rings. The van der Waals surface area contributed by atoms with Crippen LogP contribution >= 0.6 is 0 Å². The Balaban J connectivity index is 2.43. The average molecular weight is 198 g/mol. The van der Waals surface area contributed by atoms with Gasteiger partial charge in [-0.3, -0.25) is 11.3 Å². The van der Waals surface area contributed by atoms with E-state index in [-0.39, 0.29) is 0 Å². The smallest absolute Gasteiger partial charge is 0.0354 e. The summed E-state index contributed by atoms with van der Waals surface area (Å²) in [4.78, 5) is 0. The fourth-order valence-corrected chi connectivity index (χ4v) is 1.68. The van der Waals surface area contributed by atoms with E-state index < -0.39 is 0 Å². The number of nitrogens with one attached hydrogen (secondary N) is 1. The summed E-state index contributed by atoms with van der Waals surface area (Å²) in [5.74, 6) is 5.36. The summed E-state index contributed by atoms with van der Waals surface area (Å²) in [6.07, 6.45) is 0. The van der Waals surface area contributed by atoms with Gasteiger partial charge < -0.3 is 0 Å². The highest BCUT2D eigenvalue weighted by molar-refractivity contribution is 5.67. The molecule has 2 rings (SSSR count). The molecule has 0 saturated heterocycles. The summed E-state index contributed by atoms with van der Waals surface area (Å²) in [6, 6.07) is 18.6. The minimum atomic E-state index is 0.686. The van der Waals surface area contributed by atoms with E-state index in [1.165, 1.54) is 16.7 Å². The molecule has 0 spiro atoms. The van der Waals surface area contributed by atoms with Gasteiger partial charge in [0.1, 0.15) is 0 Å². The molecule has 0 saturated carbocycles. The maximum absolute atomic E-state index is 5.36. The second-order valence-corrected chi connectivity index (χ2v) is 3.40. The Kier molecular flexibility index (Phi) is 3.12. The normalized spacial score (nSPS) is 10.2. The van der Waals surface area contributed by atoms with Gasteiger partial charge in [-0.05, 0) is 16.7 Å². The van der Waals surface area contributed by atoms with E-state index >= 15 is 0 Å². The van der Waals surface area contributed by atoms with Crippen LogP contribution in [0.2, 0.25) is 0 Å². The van der Waals surface area contributed by atoms with Crippen molar-refractivity contribution in [1.29, 1.82) is 0 Å². The van der Waals surface area contributed by atoms with Gasteiger partial charge in [-0.2, -0.15) is 0 Å². The van der Waals surface area contributed by atoms with Crippen LogP contribution in [0.15, 0.2) is 54.6 Å². The maximum Gasteiger partial charge on any atom is 0.0354 e. The molecule has 0 heterocycles. The largest absolute Gasteiger partial charge is 0.271 e. The molecule has 0 unspecified atom stereocenters. The van der Waals surface area contributed by atoms with E-state index in [1.807, 2.05) is 30.3 Å². The summed E-state index contributed by atoms with van der Waals surface area (Å²) >= 11 is 0. The minimum absolute atomic E-state index is 0.686. The molecule has 15 heavy (non-hydrogen) atoms. The number of hydrogen-bond acceptors (Lipinski definition) is 2. The molecular formula is C13H14N2. The SMILES string of the molecule is NNCc1ccccc1-c1ccccc1. The number of rotatable bonds is 3. The van der Waals surface area contributed by atoms with Crippen LogP contribution in [0.5, 0.6) is 0 Å². The first-order valence-electron chi connectivity index (χ1n) is 4.98. The van der Waals surface area contributed by atoms with Gasteiger partial charge in [0.2, 0.25) is 0 Å². The average Bonchev–Trinajstić information content (AvgIpc) is 2.31. The molecule has 0 aliphatic rings. The van der Waals surface area contributed by atoms with Gasteiger partial charge in [-0.25, -0.2) is 0 Å². The predicted molar refractivity (Wildman–Crippen MR) is 62.9 cm³/mol. The topological polar surface area (TPSA) is 38.0 Å². The van der Waals surface area contributed by atoms with Crippen molar-refractivity contribution in [2.45, 2.75) is 6.54 Å². The second-order valence-electron chi connectivity index (χ2n) is 3.40. The van der Waals surface area contributed by atoms with E-state index in [1.54, 1.807) is 0 Å². The zero-order valence-corrected chi connectivity index (χ0v) is 8.48. The van der Waals surface area contributed by atoms with Gasteiger partial charge in [-0.1, -0.05) is 54.6 Å². The molecule has 0 aliphatic heterocycles. The molecule has 2 aromatic carbocycles. The van der Waals surface area contributed by atoms with Crippen molar-refractivity contribution in [3.63, 3.8) is 0 Å². The Bertz CT molecular complexity index is 424. The Morgan fingerprint density at radius 1 is 0.867 bits per heavy atom. The quantitative estimate of drug-likeness (QED) is 0.586. The molecule has 0 atom stereocenters. The first-order chi connectivity index (χ1) is 7.42. The molecule has 76 valence electrons. The van der Waals surface area contributed by atoms with Crippen molar-refractivity contribution in [3.8, 4) is 11.1 Å². The third kappa shape index (κ3) is 2.24. The molecule has 0 bridgehead atoms. The highest BCUT2D eigenvalue weighted by atomic mass is 15.2. The van der Waals surface area contributed by atoms with Gasteiger partial charge >= 0.3 is 0 Å². The highest BCUT2D eigenvalue weighted by Crippen LogP contribution is 2.22. The van der Waals surface area contributed by atoms with E-state index in [9.17, 15) is 0 Å². The highest BCUT2D eigenvalue weighted by Gasteiger charge is 2.02. The standard InChI is InChI=1S/C13H14N2/c14-15-10-12-8-4-5-9-13(12)11-6-2-1-3-7-11/h1-9,15H,10,14H2. The molecule has 2 heteroatoms. The lowest BCUT2D eigenvalue weighted by Gasteiger charge is -2.08.